The van der Waals surface area contributed by atoms with Gasteiger partial charge in [-0.1, -0.05) is 54.9 Å². The van der Waals surface area contributed by atoms with E-state index in [2.05, 4.69) is 36.7 Å². The number of hydrogen-bond acceptors (Lipinski definition) is 2. The first-order valence-electron chi connectivity index (χ1n) is 11.3. The van der Waals surface area contributed by atoms with Gasteiger partial charge in [0.05, 0.1) is 0 Å². The summed E-state index contributed by atoms with van der Waals surface area (Å²) in [6, 6.07) is 11.3. The molecule has 0 radical (unpaired) electrons. The van der Waals surface area contributed by atoms with Gasteiger partial charge < -0.3 is 9.47 Å². The quantitative estimate of drug-likeness (QED) is 0.400. The van der Waals surface area contributed by atoms with Crippen molar-refractivity contribution >= 4 is 15.9 Å². The molecule has 0 amide bonds. The van der Waals surface area contributed by atoms with Crippen molar-refractivity contribution in [2.24, 2.45) is 16.2 Å². The van der Waals surface area contributed by atoms with Crippen LogP contribution in [-0.4, -0.2) is 13.9 Å². The minimum atomic E-state index is -0.193. The molecule has 0 N–H and O–H groups in total. The SMILES string of the molecule is COCOc1c(-c2ccccc2Br)cc(F)cc1C12CC3(C)CC(C)(CC(C)(C3)C1)C2. The molecule has 2 aromatic rings. The maximum atomic E-state index is 15.2. The molecule has 4 bridgehead atoms. The normalized spacial score (nSPS) is 36.1. The van der Waals surface area contributed by atoms with Gasteiger partial charge in [-0.3, -0.25) is 0 Å². The third kappa shape index (κ3) is 3.54. The van der Waals surface area contributed by atoms with Crippen LogP contribution in [0.25, 0.3) is 11.1 Å². The molecular formula is C27H32BrFO2. The van der Waals surface area contributed by atoms with Gasteiger partial charge in [-0.25, -0.2) is 4.39 Å². The number of benzene rings is 2. The number of rotatable bonds is 5. The lowest BCUT2D eigenvalue weighted by Gasteiger charge is -2.69. The number of methoxy groups -OCH3 is 1. The van der Waals surface area contributed by atoms with E-state index < -0.39 is 0 Å². The molecule has 4 fully saturated rings. The Balaban J connectivity index is 1.74. The second-order valence-electron chi connectivity index (χ2n) is 11.6. The van der Waals surface area contributed by atoms with E-state index in [1.807, 2.05) is 24.3 Å². The van der Waals surface area contributed by atoms with Crippen LogP contribution < -0.4 is 4.74 Å². The van der Waals surface area contributed by atoms with E-state index in [1.165, 1.54) is 19.3 Å². The molecule has 0 unspecified atom stereocenters. The van der Waals surface area contributed by atoms with Gasteiger partial charge in [0.1, 0.15) is 11.6 Å². The Kier molecular flexibility index (Phi) is 4.88. The van der Waals surface area contributed by atoms with Crippen LogP contribution in [0.15, 0.2) is 40.9 Å². The van der Waals surface area contributed by atoms with Crippen LogP contribution in [0.2, 0.25) is 0 Å². The first kappa shape index (κ1) is 21.5. The second-order valence-corrected chi connectivity index (χ2v) is 12.5. The zero-order valence-electron chi connectivity index (χ0n) is 19.0. The highest BCUT2D eigenvalue weighted by Crippen LogP contribution is 2.74. The van der Waals surface area contributed by atoms with Gasteiger partial charge in [0.15, 0.2) is 6.79 Å². The van der Waals surface area contributed by atoms with E-state index >= 15 is 4.39 Å². The average Bonchev–Trinajstić information content (AvgIpc) is 2.63. The summed E-state index contributed by atoms with van der Waals surface area (Å²) in [5, 5.41) is 0. The summed E-state index contributed by atoms with van der Waals surface area (Å²) in [5.74, 6) is 0.592. The van der Waals surface area contributed by atoms with Gasteiger partial charge >= 0.3 is 0 Å². The van der Waals surface area contributed by atoms with E-state index in [0.29, 0.717) is 16.2 Å². The van der Waals surface area contributed by atoms with Crippen molar-refractivity contribution in [1.29, 1.82) is 0 Å². The second kappa shape index (κ2) is 7.05. The van der Waals surface area contributed by atoms with E-state index in [1.54, 1.807) is 19.2 Å². The monoisotopic (exact) mass is 486 g/mol. The first-order chi connectivity index (χ1) is 14.6. The molecule has 4 aliphatic carbocycles. The molecule has 0 heterocycles. The highest BCUT2D eigenvalue weighted by atomic mass is 79.9. The third-order valence-corrected chi connectivity index (χ3v) is 8.66. The van der Waals surface area contributed by atoms with Crippen LogP contribution >= 0.6 is 15.9 Å². The van der Waals surface area contributed by atoms with Crippen LogP contribution in [-0.2, 0) is 10.2 Å². The van der Waals surface area contributed by atoms with E-state index in [9.17, 15) is 0 Å². The molecule has 0 aliphatic heterocycles. The van der Waals surface area contributed by atoms with Crippen LogP contribution in [0.1, 0.15) is 64.9 Å². The van der Waals surface area contributed by atoms with Crippen LogP contribution in [0.4, 0.5) is 4.39 Å². The Bertz CT molecular complexity index is 978. The molecule has 0 aromatic heterocycles. The maximum Gasteiger partial charge on any atom is 0.188 e. The van der Waals surface area contributed by atoms with E-state index in [0.717, 1.165) is 46.2 Å². The minimum absolute atomic E-state index is 0.0613. The summed E-state index contributed by atoms with van der Waals surface area (Å²) in [7, 11) is 1.63. The Labute approximate surface area is 193 Å². The average molecular weight is 487 g/mol. The lowest BCUT2D eigenvalue weighted by atomic mass is 9.35. The summed E-state index contributed by atoms with van der Waals surface area (Å²) in [6.45, 7) is 7.52. The van der Waals surface area contributed by atoms with Crippen molar-refractivity contribution in [1.82, 2.24) is 0 Å². The Morgan fingerprint density at radius 2 is 1.45 bits per heavy atom. The molecule has 4 saturated carbocycles. The molecule has 4 heteroatoms. The lowest BCUT2D eigenvalue weighted by molar-refractivity contribution is -0.152. The third-order valence-electron chi connectivity index (χ3n) is 7.97. The molecule has 31 heavy (non-hydrogen) atoms. The summed E-state index contributed by atoms with van der Waals surface area (Å²) >= 11 is 3.66. The van der Waals surface area contributed by atoms with Crippen molar-refractivity contribution in [3.05, 3.63) is 52.3 Å². The molecule has 0 spiro atoms. The molecule has 0 saturated heterocycles. The maximum absolute atomic E-state index is 15.2. The lowest BCUT2D eigenvalue weighted by Crippen LogP contribution is -2.60. The zero-order valence-corrected chi connectivity index (χ0v) is 20.6. The summed E-state index contributed by atoms with van der Waals surface area (Å²) < 4.78 is 27.7. The van der Waals surface area contributed by atoms with Gasteiger partial charge in [-0.2, -0.15) is 0 Å². The fraction of sp³-hybridized carbons (Fsp3) is 0.556. The van der Waals surface area contributed by atoms with Crippen molar-refractivity contribution in [2.45, 2.75) is 64.7 Å². The molecule has 4 aliphatic rings. The van der Waals surface area contributed by atoms with Gasteiger partial charge in [0.25, 0.3) is 0 Å². The van der Waals surface area contributed by atoms with Gasteiger partial charge in [-0.05, 0) is 78.5 Å². The van der Waals surface area contributed by atoms with Crippen molar-refractivity contribution in [3.63, 3.8) is 0 Å². The van der Waals surface area contributed by atoms with Crippen LogP contribution in [0.3, 0.4) is 0 Å². The topological polar surface area (TPSA) is 18.5 Å². The van der Waals surface area contributed by atoms with Crippen molar-refractivity contribution < 1.29 is 13.9 Å². The van der Waals surface area contributed by atoms with Crippen molar-refractivity contribution in [2.75, 3.05) is 13.9 Å². The van der Waals surface area contributed by atoms with Crippen LogP contribution in [0, 0.1) is 22.1 Å². The fourth-order valence-electron chi connectivity index (χ4n) is 8.72. The van der Waals surface area contributed by atoms with E-state index in [4.69, 9.17) is 9.47 Å². The highest BCUT2D eigenvalue weighted by molar-refractivity contribution is 9.10. The highest BCUT2D eigenvalue weighted by Gasteiger charge is 2.65. The molecule has 6 rings (SSSR count). The Hall–Kier alpha value is -1.39. The van der Waals surface area contributed by atoms with Crippen molar-refractivity contribution in [3.8, 4) is 16.9 Å². The van der Waals surface area contributed by atoms with E-state index in [-0.39, 0.29) is 18.0 Å². The summed E-state index contributed by atoms with van der Waals surface area (Å²) in [6.07, 6.45) is 7.14. The van der Waals surface area contributed by atoms with Gasteiger partial charge in [0.2, 0.25) is 0 Å². The number of ether oxygens (including phenoxy) is 2. The first-order valence-corrected chi connectivity index (χ1v) is 12.1. The predicted molar refractivity (Wildman–Crippen MR) is 126 cm³/mol. The zero-order chi connectivity index (χ0) is 22.1. The minimum Gasteiger partial charge on any atom is -0.467 e. The molecule has 2 nitrogen and oxygen atoms in total. The fourth-order valence-corrected chi connectivity index (χ4v) is 9.22. The molecule has 166 valence electrons. The molecule has 0 atom stereocenters. The standard InChI is InChI=1S/C27H32BrFO2/c1-24-11-25(2)13-26(3,12-24)16-27(14-24,15-25)21-10-18(29)9-20(23(21)31-17-30-4)19-7-5-6-8-22(19)28/h5-10H,11-17H2,1-4H3. The van der Waals surface area contributed by atoms with Crippen LogP contribution in [0.5, 0.6) is 5.75 Å². The van der Waals surface area contributed by atoms with Gasteiger partial charge in [0, 0.05) is 28.1 Å². The Morgan fingerprint density at radius 3 is 2.00 bits per heavy atom. The largest absolute Gasteiger partial charge is 0.467 e. The molecular weight excluding hydrogens is 455 g/mol. The molecule has 2 aromatic carbocycles. The number of halogens is 2. The summed E-state index contributed by atoms with van der Waals surface area (Å²) in [5.41, 5.74) is 3.63. The number of hydrogen-bond donors (Lipinski definition) is 0. The van der Waals surface area contributed by atoms with Gasteiger partial charge in [-0.15, -0.1) is 0 Å². The summed E-state index contributed by atoms with van der Waals surface area (Å²) in [4.78, 5) is 0. The predicted octanol–water partition coefficient (Wildman–Crippen LogP) is 7.88. The smallest absolute Gasteiger partial charge is 0.188 e. The Morgan fingerprint density at radius 1 is 0.871 bits per heavy atom.